The molecule has 3 aliphatic rings. The Bertz CT molecular complexity index is 1360. The average Bonchev–Trinajstić information content (AvgIpc) is 3.01. The second-order valence-corrected chi connectivity index (χ2v) is 12.4. The van der Waals surface area contributed by atoms with E-state index in [1.54, 1.807) is 42.3 Å². The summed E-state index contributed by atoms with van der Waals surface area (Å²) in [5.74, 6) is 0.167. The summed E-state index contributed by atoms with van der Waals surface area (Å²) in [6.07, 6.45) is 4.45. The zero-order valence-corrected chi connectivity index (χ0v) is 25.6. The molecule has 10 nitrogen and oxygen atoms in total. The van der Waals surface area contributed by atoms with E-state index in [0.717, 1.165) is 12.8 Å². The Morgan fingerprint density at radius 1 is 1.09 bits per heavy atom. The third-order valence-electron chi connectivity index (χ3n) is 8.62. The van der Waals surface area contributed by atoms with E-state index >= 15 is 0 Å². The smallest absolute Gasteiger partial charge is 0.260 e. The summed E-state index contributed by atoms with van der Waals surface area (Å²) >= 11 is 0. The van der Waals surface area contributed by atoms with Gasteiger partial charge in [0.1, 0.15) is 11.5 Å². The molecule has 2 saturated heterocycles. The van der Waals surface area contributed by atoms with Gasteiger partial charge < -0.3 is 39.0 Å². The maximum Gasteiger partial charge on any atom is 0.260 e. The zero-order valence-electron chi connectivity index (χ0n) is 25.6. The van der Waals surface area contributed by atoms with Gasteiger partial charge in [-0.1, -0.05) is 38.1 Å². The lowest BCUT2D eigenvalue weighted by atomic mass is 9.76. The number of methoxy groups -OCH3 is 2. The molecule has 43 heavy (non-hydrogen) atoms. The van der Waals surface area contributed by atoms with Crippen molar-refractivity contribution in [3.8, 4) is 11.5 Å². The van der Waals surface area contributed by atoms with Crippen molar-refractivity contribution in [2.75, 3.05) is 59.1 Å². The number of aliphatic hydroxyl groups is 1. The van der Waals surface area contributed by atoms with Crippen molar-refractivity contribution in [1.82, 2.24) is 4.90 Å². The lowest BCUT2D eigenvalue weighted by Crippen LogP contribution is -2.53. The summed E-state index contributed by atoms with van der Waals surface area (Å²) in [6, 6.07) is 10.3. The Morgan fingerprint density at radius 3 is 2.44 bits per heavy atom. The van der Waals surface area contributed by atoms with Crippen LogP contribution in [0.4, 0.5) is 5.69 Å². The first-order valence-corrected chi connectivity index (χ1v) is 14.7. The molecule has 0 radical (unpaired) electrons. The molecule has 3 atom stereocenters. The molecule has 2 aromatic carbocycles. The number of carbonyl (C=O) groups is 2. The highest BCUT2D eigenvalue weighted by Gasteiger charge is 2.52. The van der Waals surface area contributed by atoms with Crippen molar-refractivity contribution in [1.29, 1.82) is 0 Å². The number of hydrogen-bond donors (Lipinski definition) is 2. The topological polar surface area (TPSA) is 116 Å². The number of ether oxygens (including phenoxy) is 5. The van der Waals surface area contributed by atoms with Crippen LogP contribution >= 0.6 is 0 Å². The third-order valence-corrected chi connectivity index (χ3v) is 8.62. The number of nitrogens with zero attached hydrogens (tertiary/aromatic N) is 1. The molecule has 0 aromatic heterocycles. The van der Waals surface area contributed by atoms with Crippen LogP contribution in [0.2, 0.25) is 0 Å². The number of hydrogen-bond acceptors (Lipinski definition) is 8. The van der Waals surface area contributed by atoms with Gasteiger partial charge in [-0.05, 0) is 55.0 Å². The highest BCUT2D eigenvalue weighted by atomic mass is 16.5. The lowest BCUT2D eigenvalue weighted by molar-refractivity contribution is -0.143. The van der Waals surface area contributed by atoms with Crippen LogP contribution in [0.5, 0.6) is 11.5 Å². The molecule has 0 aliphatic carbocycles. The van der Waals surface area contributed by atoms with Gasteiger partial charge in [-0.15, -0.1) is 0 Å². The lowest BCUT2D eigenvalue weighted by Gasteiger charge is -2.41. The molecule has 2 amide bonds. The summed E-state index contributed by atoms with van der Waals surface area (Å²) in [6.45, 7) is 8.70. The van der Waals surface area contributed by atoms with E-state index in [4.69, 9.17) is 23.7 Å². The van der Waals surface area contributed by atoms with Gasteiger partial charge in [-0.3, -0.25) is 9.59 Å². The first-order chi connectivity index (χ1) is 20.5. The van der Waals surface area contributed by atoms with E-state index in [1.807, 2.05) is 18.2 Å². The van der Waals surface area contributed by atoms with Gasteiger partial charge >= 0.3 is 0 Å². The minimum Gasteiger partial charge on any atom is -0.497 e. The molecular formula is C33H42N2O8. The minimum atomic E-state index is -1.95. The van der Waals surface area contributed by atoms with Gasteiger partial charge in [0.05, 0.1) is 43.8 Å². The van der Waals surface area contributed by atoms with Gasteiger partial charge in [-0.25, -0.2) is 0 Å². The Hall–Kier alpha value is -3.44. The fraction of sp³-hybridized carbons (Fsp3) is 0.515. The van der Waals surface area contributed by atoms with E-state index in [9.17, 15) is 14.7 Å². The van der Waals surface area contributed by atoms with Crippen LogP contribution in [0, 0.1) is 5.41 Å². The maximum atomic E-state index is 13.2. The normalized spacial score (nSPS) is 27.0. The predicted molar refractivity (Wildman–Crippen MR) is 161 cm³/mol. The fourth-order valence-electron chi connectivity index (χ4n) is 5.83. The fourth-order valence-corrected chi connectivity index (χ4v) is 5.83. The molecule has 0 bridgehead atoms. The Morgan fingerprint density at radius 2 is 1.81 bits per heavy atom. The molecular weight excluding hydrogens is 552 g/mol. The van der Waals surface area contributed by atoms with Crippen LogP contribution in [0.25, 0.3) is 6.08 Å². The summed E-state index contributed by atoms with van der Waals surface area (Å²) in [5, 5.41) is 15.4. The van der Waals surface area contributed by atoms with Crippen LogP contribution in [-0.2, 0) is 29.4 Å². The minimum absolute atomic E-state index is 0.107. The number of nitrogens with one attached hydrogen (secondary N) is 1. The summed E-state index contributed by atoms with van der Waals surface area (Å²) < 4.78 is 28.9. The number of benzene rings is 2. The molecule has 5 rings (SSSR count). The van der Waals surface area contributed by atoms with Crippen LogP contribution in [0.15, 0.2) is 42.5 Å². The Labute approximate surface area is 252 Å². The second kappa shape index (κ2) is 12.3. The van der Waals surface area contributed by atoms with Gasteiger partial charge in [0.15, 0.2) is 18.3 Å². The second-order valence-electron chi connectivity index (χ2n) is 12.4. The molecule has 2 N–H and O–H groups in total. The van der Waals surface area contributed by atoms with Crippen molar-refractivity contribution in [2.45, 2.75) is 50.9 Å². The highest BCUT2D eigenvalue weighted by Crippen LogP contribution is 2.49. The van der Waals surface area contributed by atoms with Crippen LogP contribution < -0.4 is 14.8 Å². The SMILES string of the molecule is COc1ccc(C2(O)c3c(ccc(/C=C/C4(C)CCC(C)(C)CO4)c3OCC(=O)N3CCOCC3)NC(=O)C2OC)cc1. The molecule has 10 heteroatoms. The Balaban J connectivity index is 1.61. The zero-order chi connectivity index (χ0) is 30.8. The van der Waals surface area contributed by atoms with Crippen molar-refractivity contribution in [2.24, 2.45) is 5.41 Å². The number of fused-ring (bicyclic) bond motifs is 1. The number of morpholine rings is 1. The van der Waals surface area contributed by atoms with Crippen molar-refractivity contribution in [3.05, 3.63) is 59.2 Å². The van der Waals surface area contributed by atoms with Gasteiger partial charge in [0.25, 0.3) is 11.8 Å². The molecule has 0 spiro atoms. The first kappa shape index (κ1) is 31.0. The highest BCUT2D eigenvalue weighted by molar-refractivity contribution is 6.01. The predicted octanol–water partition coefficient (Wildman–Crippen LogP) is 3.74. The number of carbonyl (C=O) groups excluding carboxylic acids is 2. The summed E-state index contributed by atoms with van der Waals surface area (Å²) in [4.78, 5) is 28.1. The third kappa shape index (κ3) is 6.28. The van der Waals surface area contributed by atoms with Crippen molar-refractivity contribution < 1.29 is 38.4 Å². The molecule has 3 aliphatic heterocycles. The van der Waals surface area contributed by atoms with E-state index in [1.165, 1.54) is 7.11 Å². The van der Waals surface area contributed by atoms with Gasteiger partial charge in [0.2, 0.25) is 0 Å². The maximum absolute atomic E-state index is 13.2. The monoisotopic (exact) mass is 594 g/mol. The van der Waals surface area contributed by atoms with Crippen molar-refractivity contribution in [3.63, 3.8) is 0 Å². The Kier molecular flexibility index (Phi) is 8.85. The van der Waals surface area contributed by atoms with Crippen LogP contribution in [0.1, 0.15) is 50.3 Å². The van der Waals surface area contributed by atoms with E-state index in [2.05, 4.69) is 26.1 Å². The van der Waals surface area contributed by atoms with Gasteiger partial charge in [-0.2, -0.15) is 0 Å². The summed E-state index contributed by atoms with van der Waals surface area (Å²) in [7, 11) is 2.93. The van der Waals surface area contributed by atoms with Gasteiger partial charge in [0, 0.05) is 25.8 Å². The summed E-state index contributed by atoms with van der Waals surface area (Å²) in [5.41, 5.74) is -0.638. The molecule has 3 unspecified atom stereocenters. The largest absolute Gasteiger partial charge is 0.497 e. The van der Waals surface area contributed by atoms with E-state index in [0.29, 0.717) is 61.0 Å². The van der Waals surface area contributed by atoms with E-state index in [-0.39, 0.29) is 23.7 Å². The average molecular weight is 595 g/mol. The number of amides is 2. The molecule has 0 saturated carbocycles. The quantitative estimate of drug-likeness (QED) is 0.475. The van der Waals surface area contributed by atoms with Crippen LogP contribution in [-0.4, -0.2) is 87.3 Å². The number of rotatable bonds is 8. The van der Waals surface area contributed by atoms with Crippen LogP contribution in [0.3, 0.4) is 0 Å². The van der Waals surface area contributed by atoms with E-state index < -0.39 is 23.2 Å². The molecule has 2 aromatic rings. The molecule has 232 valence electrons. The first-order valence-electron chi connectivity index (χ1n) is 14.7. The number of anilines is 1. The standard InChI is InChI=1S/C33H42N2O8/c1-31(2)14-15-32(3,43-21-31)13-12-22-6-11-25-27(28(22)42-20-26(36)35-16-18-41-19-17-35)33(38,29(40-5)30(37)34-25)23-7-9-24(39-4)10-8-23/h6-13,29,38H,14-21H2,1-5H3,(H,34,37)/b13-12+. The molecule has 2 fully saturated rings. The molecule has 3 heterocycles. The van der Waals surface area contributed by atoms with Crippen molar-refractivity contribution >= 4 is 23.6 Å².